The number of halogens is 2. The van der Waals surface area contributed by atoms with E-state index in [0.29, 0.717) is 12.8 Å². The molecule has 3 nitrogen and oxygen atoms in total. The Morgan fingerprint density at radius 1 is 1.42 bits per heavy atom. The molecule has 2 N–H and O–H groups in total. The van der Waals surface area contributed by atoms with E-state index in [2.05, 4.69) is 31.9 Å². The zero-order valence-electron chi connectivity index (χ0n) is 11.4. The highest BCUT2D eigenvalue weighted by molar-refractivity contribution is 9.11. The van der Waals surface area contributed by atoms with Crippen molar-refractivity contribution in [2.75, 3.05) is 7.11 Å². The van der Waals surface area contributed by atoms with Gasteiger partial charge in [0.2, 0.25) is 0 Å². The average Bonchev–Trinajstić information content (AvgIpc) is 2.30. The first-order valence-electron chi connectivity index (χ1n) is 6.02. The van der Waals surface area contributed by atoms with E-state index in [1.807, 2.05) is 32.0 Å². The maximum atomic E-state index is 11.4. The molecule has 0 fully saturated rings. The number of hydrogen-bond donors (Lipinski definition) is 1. The van der Waals surface area contributed by atoms with Gasteiger partial charge in [0.15, 0.2) is 0 Å². The van der Waals surface area contributed by atoms with E-state index in [0.717, 1.165) is 14.5 Å². The monoisotopic (exact) mass is 391 g/mol. The molecule has 5 heteroatoms. The van der Waals surface area contributed by atoms with E-state index in [9.17, 15) is 4.79 Å². The van der Waals surface area contributed by atoms with Crippen molar-refractivity contribution in [3.63, 3.8) is 0 Å². The lowest BCUT2D eigenvalue weighted by Gasteiger charge is -2.27. The van der Waals surface area contributed by atoms with E-state index in [1.54, 1.807) is 0 Å². The van der Waals surface area contributed by atoms with Gasteiger partial charge in [-0.05, 0) is 35.6 Å². The van der Waals surface area contributed by atoms with Crippen molar-refractivity contribution in [2.45, 2.75) is 32.7 Å². The van der Waals surface area contributed by atoms with Gasteiger partial charge in [-0.2, -0.15) is 0 Å². The van der Waals surface area contributed by atoms with Crippen LogP contribution in [0.15, 0.2) is 27.1 Å². The van der Waals surface area contributed by atoms with Gasteiger partial charge < -0.3 is 10.5 Å². The Bertz CT molecular complexity index is 461. The highest BCUT2D eigenvalue weighted by Gasteiger charge is 2.26. The van der Waals surface area contributed by atoms with Crippen molar-refractivity contribution < 1.29 is 9.53 Å². The lowest BCUT2D eigenvalue weighted by atomic mass is 9.81. The average molecular weight is 393 g/mol. The molecule has 0 aliphatic carbocycles. The third-order valence-corrected chi connectivity index (χ3v) is 4.20. The molecule has 1 unspecified atom stereocenters. The molecule has 1 rings (SSSR count). The van der Waals surface area contributed by atoms with E-state index in [4.69, 9.17) is 10.5 Å². The van der Waals surface area contributed by atoms with E-state index < -0.39 is 0 Å². The minimum absolute atomic E-state index is 0.133. The van der Waals surface area contributed by atoms with Crippen LogP contribution in [0.25, 0.3) is 0 Å². The molecule has 0 radical (unpaired) electrons. The summed E-state index contributed by atoms with van der Waals surface area (Å²) in [5.41, 5.74) is 7.10. The van der Waals surface area contributed by atoms with Crippen LogP contribution in [-0.2, 0) is 9.53 Å². The van der Waals surface area contributed by atoms with Crippen molar-refractivity contribution in [1.82, 2.24) is 0 Å². The summed E-state index contributed by atoms with van der Waals surface area (Å²) in [4.78, 5) is 11.4. The minimum Gasteiger partial charge on any atom is -0.469 e. The van der Waals surface area contributed by atoms with Crippen LogP contribution in [0.1, 0.15) is 38.3 Å². The molecule has 0 aromatic heterocycles. The van der Waals surface area contributed by atoms with Crippen molar-refractivity contribution >= 4 is 37.8 Å². The number of nitrogens with two attached hydrogens (primary N) is 1. The molecular formula is C14H19Br2NO2. The molecule has 0 bridgehead atoms. The van der Waals surface area contributed by atoms with Crippen molar-refractivity contribution in [2.24, 2.45) is 11.1 Å². The Morgan fingerprint density at radius 2 is 2.05 bits per heavy atom. The molecule has 0 saturated carbocycles. The normalized spacial score (nSPS) is 13.2. The number of carbonyl (C=O) groups excluding carboxylic acids is 1. The quantitative estimate of drug-likeness (QED) is 0.764. The van der Waals surface area contributed by atoms with Crippen LogP contribution in [0.4, 0.5) is 0 Å². The summed E-state index contributed by atoms with van der Waals surface area (Å²) in [5, 5.41) is 0. The predicted molar refractivity (Wildman–Crippen MR) is 83.8 cm³/mol. The summed E-state index contributed by atoms with van der Waals surface area (Å²) >= 11 is 6.96. The largest absolute Gasteiger partial charge is 0.469 e. The van der Waals surface area contributed by atoms with E-state index in [-0.39, 0.29) is 17.4 Å². The molecule has 0 saturated heterocycles. The van der Waals surface area contributed by atoms with Gasteiger partial charge in [-0.25, -0.2) is 0 Å². The van der Waals surface area contributed by atoms with Gasteiger partial charge in [-0.1, -0.05) is 45.7 Å². The maximum Gasteiger partial charge on any atom is 0.306 e. The van der Waals surface area contributed by atoms with Gasteiger partial charge in [0.1, 0.15) is 0 Å². The van der Waals surface area contributed by atoms with Gasteiger partial charge >= 0.3 is 5.97 Å². The van der Waals surface area contributed by atoms with Gasteiger partial charge in [0.05, 0.1) is 13.5 Å². The van der Waals surface area contributed by atoms with Crippen LogP contribution in [0.2, 0.25) is 0 Å². The van der Waals surface area contributed by atoms with Gasteiger partial charge in [0, 0.05) is 15.0 Å². The van der Waals surface area contributed by atoms with Crippen LogP contribution in [-0.4, -0.2) is 13.1 Å². The number of carbonyl (C=O) groups is 1. The fraction of sp³-hybridized carbons (Fsp3) is 0.500. The number of esters is 1. The third-order valence-electron chi connectivity index (χ3n) is 2.98. The number of ether oxygens (including phenoxy) is 1. The summed E-state index contributed by atoms with van der Waals surface area (Å²) in [6.45, 7) is 4.05. The summed E-state index contributed by atoms with van der Waals surface area (Å²) in [6, 6.07) is 5.79. The Labute approximate surface area is 131 Å². The fourth-order valence-corrected chi connectivity index (χ4v) is 2.96. The zero-order chi connectivity index (χ0) is 14.6. The molecule has 1 atom stereocenters. The first-order chi connectivity index (χ1) is 8.75. The number of methoxy groups -OCH3 is 1. The lowest BCUT2D eigenvalue weighted by molar-refractivity contribution is -0.143. The zero-order valence-corrected chi connectivity index (χ0v) is 14.5. The first-order valence-corrected chi connectivity index (χ1v) is 7.61. The van der Waals surface area contributed by atoms with E-state index >= 15 is 0 Å². The summed E-state index contributed by atoms with van der Waals surface area (Å²) in [5.74, 6) is -0.203. The van der Waals surface area contributed by atoms with Crippen LogP contribution >= 0.6 is 31.9 Å². The second-order valence-corrected chi connectivity index (χ2v) is 7.16. The molecular weight excluding hydrogens is 374 g/mol. The first kappa shape index (κ1) is 16.7. The second-order valence-electron chi connectivity index (χ2n) is 5.39. The highest BCUT2D eigenvalue weighted by atomic mass is 79.9. The third kappa shape index (κ3) is 5.24. The maximum absolute atomic E-state index is 11.4. The Hall–Kier alpha value is -0.390. The fourth-order valence-electron chi connectivity index (χ4n) is 2.04. The van der Waals surface area contributed by atoms with E-state index in [1.165, 1.54) is 7.11 Å². The van der Waals surface area contributed by atoms with Crippen LogP contribution in [0.5, 0.6) is 0 Å². The molecule has 0 aliphatic heterocycles. The molecule has 19 heavy (non-hydrogen) atoms. The number of rotatable bonds is 5. The summed E-state index contributed by atoms with van der Waals surface area (Å²) in [6.07, 6.45) is 1.07. The molecule has 1 aromatic carbocycles. The molecule has 1 aromatic rings. The Kier molecular flexibility index (Phi) is 6.02. The molecule has 0 aliphatic rings. The SMILES string of the molecule is COC(=O)CC(C)(C)CC(N)c1cc(Br)ccc1Br. The van der Waals surface area contributed by atoms with Crippen molar-refractivity contribution in [1.29, 1.82) is 0 Å². The number of benzene rings is 1. The summed E-state index contributed by atoms with van der Waals surface area (Å²) < 4.78 is 6.70. The highest BCUT2D eigenvalue weighted by Crippen LogP contribution is 2.35. The molecule has 106 valence electrons. The summed E-state index contributed by atoms with van der Waals surface area (Å²) in [7, 11) is 1.41. The molecule has 0 heterocycles. The van der Waals surface area contributed by atoms with Gasteiger partial charge in [0.25, 0.3) is 0 Å². The molecule has 0 amide bonds. The van der Waals surface area contributed by atoms with Crippen molar-refractivity contribution in [3.05, 3.63) is 32.7 Å². The molecule has 0 spiro atoms. The predicted octanol–water partition coefficient (Wildman–Crippen LogP) is 4.19. The second kappa shape index (κ2) is 6.86. The lowest BCUT2D eigenvalue weighted by Crippen LogP contribution is -2.24. The van der Waals surface area contributed by atoms with Crippen molar-refractivity contribution in [3.8, 4) is 0 Å². The van der Waals surface area contributed by atoms with Crippen LogP contribution < -0.4 is 5.73 Å². The van der Waals surface area contributed by atoms with Gasteiger partial charge in [-0.3, -0.25) is 4.79 Å². The number of hydrogen-bond acceptors (Lipinski definition) is 3. The smallest absolute Gasteiger partial charge is 0.306 e. The van der Waals surface area contributed by atoms with Crippen LogP contribution in [0, 0.1) is 5.41 Å². The van der Waals surface area contributed by atoms with Crippen LogP contribution in [0.3, 0.4) is 0 Å². The Balaban J connectivity index is 2.81. The Morgan fingerprint density at radius 3 is 2.63 bits per heavy atom. The minimum atomic E-state index is -0.203. The van der Waals surface area contributed by atoms with Gasteiger partial charge in [-0.15, -0.1) is 0 Å². The standard InChI is InChI=1S/C14H19Br2NO2/c1-14(2,8-13(18)19-3)7-12(17)10-6-9(15)4-5-11(10)16/h4-6,12H,7-8,17H2,1-3H3. The topological polar surface area (TPSA) is 52.3 Å².